The summed E-state index contributed by atoms with van der Waals surface area (Å²) in [6, 6.07) is 10.5. The van der Waals surface area contributed by atoms with Crippen molar-refractivity contribution >= 4 is 33.1 Å². The summed E-state index contributed by atoms with van der Waals surface area (Å²) < 4.78 is 0. The van der Waals surface area contributed by atoms with Crippen LogP contribution in [0.4, 0.5) is 11.5 Å². The average molecular weight is 298 g/mol. The number of nitrogens with two attached hydrogens (primary N) is 1. The molecule has 108 valence electrons. The number of nitrogens with zero attached hydrogens (tertiary/aromatic N) is 2. The summed E-state index contributed by atoms with van der Waals surface area (Å²) in [6.07, 6.45) is 3.62. The lowest BCUT2D eigenvalue weighted by Gasteiger charge is -2.08. The van der Waals surface area contributed by atoms with Crippen molar-refractivity contribution in [3.63, 3.8) is 0 Å². The maximum absolute atomic E-state index is 5.57. The van der Waals surface area contributed by atoms with Crippen LogP contribution in [0.1, 0.15) is 16.9 Å². The number of anilines is 2. The maximum Gasteiger partial charge on any atom is 0.142 e. The van der Waals surface area contributed by atoms with Crippen LogP contribution in [0.3, 0.4) is 0 Å². The lowest BCUT2D eigenvalue weighted by atomic mass is 10.1. The first-order valence-corrected chi connectivity index (χ1v) is 7.85. The molecule has 1 aromatic carbocycles. The SMILES string of the molecule is Cc1cc2c(Nc3cccc(CCCN)c3)ncnc2s1. The molecule has 2 heterocycles. The molecule has 3 N–H and O–H groups in total. The number of aryl methyl sites for hydroxylation is 2. The molecule has 0 aliphatic rings. The van der Waals surface area contributed by atoms with Crippen LogP contribution in [0.5, 0.6) is 0 Å². The summed E-state index contributed by atoms with van der Waals surface area (Å²) in [5.74, 6) is 0.861. The van der Waals surface area contributed by atoms with Gasteiger partial charge in [0, 0.05) is 10.6 Å². The van der Waals surface area contributed by atoms with E-state index in [0.717, 1.165) is 41.1 Å². The van der Waals surface area contributed by atoms with Crippen LogP contribution < -0.4 is 11.1 Å². The number of benzene rings is 1. The number of hydrogen-bond donors (Lipinski definition) is 2. The molecule has 0 unspecified atom stereocenters. The van der Waals surface area contributed by atoms with Gasteiger partial charge in [-0.3, -0.25) is 0 Å². The highest BCUT2D eigenvalue weighted by Gasteiger charge is 2.07. The van der Waals surface area contributed by atoms with Crippen LogP contribution in [0.25, 0.3) is 10.2 Å². The Morgan fingerprint density at radius 2 is 2.14 bits per heavy atom. The van der Waals surface area contributed by atoms with E-state index in [0.29, 0.717) is 0 Å². The molecular formula is C16H18N4S. The number of aromatic nitrogens is 2. The highest BCUT2D eigenvalue weighted by atomic mass is 32.1. The smallest absolute Gasteiger partial charge is 0.142 e. The molecule has 0 atom stereocenters. The summed E-state index contributed by atoms with van der Waals surface area (Å²) >= 11 is 1.69. The molecule has 0 spiro atoms. The highest BCUT2D eigenvalue weighted by Crippen LogP contribution is 2.29. The molecule has 3 rings (SSSR count). The van der Waals surface area contributed by atoms with Crippen LogP contribution in [0.2, 0.25) is 0 Å². The molecule has 0 amide bonds. The Morgan fingerprint density at radius 1 is 1.24 bits per heavy atom. The first kappa shape index (κ1) is 14.0. The number of rotatable bonds is 5. The van der Waals surface area contributed by atoms with Gasteiger partial charge in [0.2, 0.25) is 0 Å². The van der Waals surface area contributed by atoms with Gasteiger partial charge >= 0.3 is 0 Å². The molecule has 5 heteroatoms. The summed E-state index contributed by atoms with van der Waals surface area (Å²) in [7, 11) is 0. The molecule has 0 bridgehead atoms. The van der Waals surface area contributed by atoms with E-state index in [2.05, 4.69) is 52.5 Å². The number of fused-ring (bicyclic) bond motifs is 1. The second kappa shape index (κ2) is 6.20. The fourth-order valence-electron chi connectivity index (χ4n) is 2.32. The minimum atomic E-state index is 0.721. The Balaban J connectivity index is 1.88. The summed E-state index contributed by atoms with van der Waals surface area (Å²) in [5, 5.41) is 4.48. The Hall–Kier alpha value is -1.98. The Kier molecular flexibility index (Phi) is 4.13. The van der Waals surface area contributed by atoms with E-state index in [4.69, 9.17) is 5.73 Å². The third-order valence-electron chi connectivity index (χ3n) is 3.31. The molecule has 2 aromatic heterocycles. The van der Waals surface area contributed by atoms with Crippen molar-refractivity contribution in [2.45, 2.75) is 19.8 Å². The second-order valence-electron chi connectivity index (χ2n) is 5.02. The topological polar surface area (TPSA) is 63.8 Å². The van der Waals surface area contributed by atoms with Gasteiger partial charge in [0.25, 0.3) is 0 Å². The van der Waals surface area contributed by atoms with E-state index in [1.165, 1.54) is 10.4 Å². The third-order valence-corrected chi connectivity index (χ3v) is 4.27. The zero-order valence-corrected chi connectivity index (χ0v) is 12.8. The van der Waals surface area contributed by atoms with Crippen molar-refractivity contribution in [1.29, 1.82) is 0 Å². The van der Waals surface area contributed by atoms with Crippen molar-refractivity contribution in [1.82, 2.24) is 9.97 Å². The van der Waals surface area contributed by atoms with Gasteiger partial charge in [-0.05, 0) is 50.1 Å². The molecule has 0 radical (unpaired) electrons. The molecule has 21 heavy (non-hydrogen) atoms. The van der Waals surface area contributed by atoms with E-state index in [1.807, 2.05) is 0 Å². The molecule has 3 aromatic rings. The number of thiophene rings is 1. The lowest BCUT2D eigenvalue weighted by Crippen LogP contribution is -2.01. The Labute approximate surface area is 128 Å². The quantitative estimate of drug-likeness (QED) is 0.755. The number of hydrogen-bond acceptors (Lipinski definition) is 5. The van der Waals surface area contributed by atoms with Gasteiger partial charge in [-0.15, -0.1) is 11.3 Å². The van der Waals surface area contributed by atoms with Crippen LogP contribution in [-0.4, -0.2) is 16.5 Å². The highest BCUT2D eigenvalue weighted by molar-refractivity contribution is 7.18. The largest absolute Gasteiger partial charge is 0.340 e. The summed E-state index contributed by atoms with van der Waals surface area (Å²) in [6.45, 7) is 2.81. The first-order valence-electron chi connectivity index (χ1n) is 7.03. The van der Waals surface area contributed by atoms with E-state index in [1.54, 1.807) is 17.7 Å². The third kappa shape index (κ3) is 3.20. The van der Waals surface area contributed by atoms with Crippen molar-refractivity contribution in [2.24, 2.45) is 5.73 Å². The molecule has 0 saturated heterocycles. The molecule has 4 nitrogen and oxygen atoms in total. The van der Waals surface area contributed by atoms with Crippen molar-refractivity contribution < 1.29 is 0 Å². The summed E-state index contributed by atoms with van der Waals surface area (Å²) in [5.41, 5.74) is 7.91. The minimum absolute atomic E-state index is 0.721. The Morgan fingerprint density at radius 3 is 3.00 bits per heavy atom. The van der Waals surface area contributed by atoms with Crippen molar-refractivity contribution in [3.8, 4) is 0 Å². The van der Waals surface area contributed by atoms with Gasteiger partial charge in [0.1, 0.15) is 17.0 Å². The fourth-order valence-corrected chi connectivity index (χ4v) is 3.17. The zero-order valence-electron chi connectivity index (χ0n) is 12.0. The van der Waals surface area contributed by atoms with Gasteiger partial charge in [-0.2, -0.15) is 0 Å². The van der Waals surface area contributed by atoms with Crippen molar-refractivity contribution in [3.05, 3.63) is 47.1 Å². The van der Waals surface area contributed by atoms with E-state index >= 15 is 0 Å². The molecule has 0 aliphatic heterocycles. The average Bonchev–Trinajstić information content (AvgIpc) is 2.87. The predicted molar refractivity (Wildman–Crippen MR) is 89.3 cm³/mol. The predicted octanol–water partition coefficient (Wildman–Crippen LogP) is 3.63. The maximum atomic E-state index is 5.57. The van der Waals surface area contributed by atoms with Crippen LogP contribution in [-0.2, 0) is 6.42 Å². The summed E-state index contributed by atoms with van der Waals surface area (Å²) in [4.78, 5) is 10.9. The minimum Gasteiger partial charge on any atom is -0.340 e. The monoisotopic (exact) mass is 298 g/mol. The zero-order chi connectivity index (χ0) is 14.7. The van der Waals surface area contributed by atoms with E-state index in [9.17, 15) is 0 Å². The van der Waals surface area contributed by atoms with E-state index in [-0.39, 0.29) is 0 Å². The van der Waals surface area contributed by atoms with Gasteiger partial charge in [-0.1, -0.05) is 12.1 Å². The molecule has 0 aliphatic carbocycles. The fraction of sp³-hybridized carbons (Fsp3) is 0.250. The molecular weight excluding hydrogens is 280 g/mol. The molecule has 0 saturated carbocycles. The van der Waals surface area contributed by atoms with Crippen LogP contribution in [0.15, 0.2) is 36.7 Å². The molecule has 0 fully saturated rings. The van der Waals surface area contributed by atoms with Gasteiger partial charge in [0.05, 0.1) is 5.39 Å². The first-order chi connectivity index (χ1) is 10.3. The second-order valence-corrected chi connectivity index (χ2v) is 6.25. The van der Waals surface area contributed by atoms with Gasteiger partial charge in [-0.25, -0.2) is 9.97 Å². The van der Waals surface area contributed by atoms with Crippen molar-refractivity contribution in [2.75, 3.05) is 11.9 Å². The standard InChI is InChI=1S/C16H18N4S/c1-11-8-14-15(18-10-19-16(14)21-11)20-13-6-2-4-12(9-13)5-3-7-17/h2,4,6,8-10H,3,5,7,17H2,1H3,(H,18,19,20). The lowest BCUT2D eigenvalue weighted by molar-refractivity contribution is 0.833. The van der Waals surface area contributed by atoms with Gasteiger partial charge in [0.15, 0.2) is 0 Å². The van der Waals surface area contributed by atoms with Gasteiger partial charge < -0.3 is 11.1 Å². The number of nitrogens with one attached hydrogen (secondary N) is 1. The van der Waals surface area contributed by atoms with Crippen LogP contribution >= 0.6 is 11.3 Å². The van der Waals surface area contributed by atoms with Crippen LogP contribution in [0, 0.1) is 6.92 Å². The van der Waals surface area contributed by atoms with E-state index < -0.39 is 0 Å². The Bertz CT molecular complexity index is 751. The normalized spacial score (nSPS) is 11.0.